The summed E-state index contributed by atoms with van der Waals surface area (Å²) < 4.78 is 0. The molecule has 16 heavy (non-hydrogen) atoms. The van der Waals surface area contributed by atoms with Gasteiger partial charge in [-0.15, -0.1) is 0 Å². The maximum absolute atomic E-state index is 11.3. The number of rotatable bonds is 5. The van der Waals surface area contributed by atoms with Crippen molar-refractivity contribution in [1.29, 1.82) is 0 Å². The topological polar surface area (TPSA) is 41.1 Å². The van der Waals surface area contributed by atoms with Crippen molar-refractivity contribution in [2.45, 2.75) is 19.4 Å². The third-order valence-electron chi connectivity index (χ3n) is 2.20. The van der Waals surface area contributed by atoms with Gasteiger partial charge in [0, 0.05) is 11.1 Å². The van der Waals surface area contributed by atoms with Gasteiger partial charge in [-0.25, -0.2) is 0 Å². The van der Waals surface area contributed by atoms with Crippen LogP contribution in [0.25, 0.3) is 0 Å². The Morgan fingerprint density at radius 1 is 1.38 bits per heavy atom. The number of nitrogens with one attached hydrogen (secondary N) is 2. The first-order chi connectivity index (χ1) is 7.61. The molecule has 0 aliphatic heterocycles. The number of benzene rings is 1. The minimum Gasteiger partial charge on any atom is -0.352 e. The van der Waals surface area contributed by atoms with Crippen LogP contribution in [0, 0.1) is 0 Å². The average Bonchev–Trinajstić information content (AvgIpc) is 2.21. The Hall–Kier alpha value is -1.06. The lowest BCUT2D eigenvalue weighted by atomic mass is 10.1. The maximum atomic E-state index is 11.3. The lowest BCUT2D eigenvalue weighted by molar-refractivity contribution is -0.120. The van der Waals surface area contributed by atoms with Crippen LogP contribution in [0.15, 0.2) is 24.3 Å². The lowest BCUT2D eigenvalue weighted by Gasteiger charge is -2.13. The molecular formula is C12H17ClN2O. The summed E-state index contributed by atoms with van der Waals surface area (Å²) in [4.78, 5) is 11.3. The summed E-state index contributed by atoms with van der Waals surface area (Å²) in [5.74, 6) is 0.0176. The Morgan fingerprint density at radius 2 is 2.00 bits per heavy atom. The van der Waals surface area contributed by atoms with Crippen molar-refractivity contribution >= 4 is 17.5 Å². The fourth-order valence-corrected chi connectivity index (χ4v) is 1.64. The van der Waals surface area contributed by atoms with E-state index in [1.165, 1.54) is 5.56 Å². The largest absolute Gasteiger partial charge is 0.352 e. The molecule has 0 bridgehead atoms. The molecule has 3 nitrogen and oxygen atoms in total. The van der Waals surface area contributed by atoms with Crippen molar-refractivity contribution in [3.63, 3.8) is 0 Å². The number of amides is 1. The molecular weight excluding hydrogens is 224 g/mol. The van der Waals surface area contributed by atoms with E-state index < -0.39 is 0 Å². The fraction of sp³-hybridized carbons (Fsp3) is 0.417. The zero-order valence-corrected chi connectivity index (χ0v) is 10.3. The SMILES string of the molecule is CNCC(=O)NC(C)Cc1ccc(Cl)cc1. The van der Waals surface area contributed by atoms with Crippen LogP contribution < -0.4 is 10.6 Å². The van der Waals surface area contributed by atoms with E-state index in [9.17, 15) is 4.79 Å². The van der Waals surface area contributed by atoms with E-state index in [2.05, 4.69) is 10.6 Å². The third-order valence-corrected chi connectivity index (χ3v) is 2.45. The molecule has 0 saturated carbocycles. The van der Waals surface area contributed by atoms with Crippen LogP contribution in [-0.2, 0) is 11.2 Å². The van der Waals surface area contributed by atoms with Crippen LogP contribution in [0.4, 0.5) is 0 Å². The second-order valence-electron chi connectivity index (χ2n) is 3.83. The summed E-state index contributed by atoms with van der Waals surface area (Å²) in [6, 6.07) is 7.80. The van der Waals surface area contributed by atoms with Gasteiger partial charge in [0.15, 0.2) is 0 Å². The van der Waals surface area contributed by atoms with Crippen molar-refractivity contribution in [2.24, 2.45) is 0 Å². The van der Waals surface area contributed by atoms with Gasteiger partial charge in [-0.05, 0) is 38.1 Å². The van der Waals surface area contributed by atoms with Gasteiger partial charge in [0.05, 0.1) is 6.54 Å². The van der Waals surface area contributed by atoms with Crippen LogP contribution in [0.1, 0.15) is 12.5 Å². The van der Waals surface area contributed by atoms with E-state index in [1.807, 2.05) is 31.2 Å². The molecule has 1 rings (SSSR count). The normalized spacial score (nSPS) is 12.2. The first-order valence-corrected chi connectivity index (χ1v) is 5.68. The summed E-state index contributed by atoms with van der Waals surface area (Å²) >= 11 is 5.80. The molecule has 4 heteroatoms. The summed E-state index contributed by atoms with van der Waals surface area (Å²) in [5.41, 5.74) is 1.17. The Balaban J connectivity index is 2.42. The van der Waals surface area contributed by atoms with Gasteiger partial charge in [0.2, 0.25) is 5.91 Å². The molecule has 1 aromatic carbocycles. The summed E-state index contributed by atoms with van der Waals surface area (Å²) in [6.07, 6.45) is 0.812. The molecule has 1 atom stereocenters. The number of carbonyl (C=O) groups excluding carboxylic acids is 1. The molecule has 2 N–H and O–H groups in total. The van der Waals surface area contributed by atoms with Crippen LogP contribution in [0.2, 0.25) is 5.02 Å². The molecule has 1 aromatic rings. The Bertz CT molecular complexity index is 337. The number of hydrogen-bond donors (Lipinski definition) is 2. The molecule has 0 aliphatic carbocycles. The lowest BCUT2D eigenvalue weighted by Crippen LogP contribution is -2.39. The van der Waals surface area contributed by atoms with Crippen molar-refractivity contribution in [2.75, 3.05) is 13.6 Å². The van der Waals surface area contributed by atoms with E-state index >= 15 is 0 Å². The van der Waals surface area contributed by atoms with Crippen molar-refractivity contribution in [1.82, 2.24) is 10.6 Å². The second-order valence-corrected chi connectivity index (χ2v) is 4.27. The van der Waals surface area contributed by atoms with Crippen LogP contribution >= 0.6 is 11.6 Å². The van der Waals surface area contributed by atoms with Crippen molar-refractivity contribution < 1.29 is 4.79 Å². The van der Waals surface area contributed by atoms with Crippen LogP contribution in [-0.4, -0.2) is 25.5 Å². The molecule has 0 aromatic heterocycles. The van der Waals surface area contributed by atoms with Gasteiger partial charge in [-0.3, -0.25) is 4.79 Å². The highest BCUT2D eigenvalue weighted by Gasteiger charge is 2.06. The molecule has 1 amide bonds. The minimum absolute atomic E-state index is 0.0176. The number of carbonyl (C=O) groups is 1. The van der Waals surface area contributed by atoms with Gasteiger partial charge in [-0.1, -0.05) is 23.7 Å². The first kappa shape index (κ1) is 13.0. The molecule has 0 spiro atoms. The highest BCUT2D eigenvalue weighted by Crippen LogP contribution is 2.10. The third kappa shape index (κ3) is 4.64. The standard InChI is InChI=1S/C12H17ClN2O/c1-9(15-12(16)8-14-2)7-10-3-5-11(13)6-4-10/h3-6,9,14H,7-8H2,1-2H3,(H,15,16). The Labute approximate surface area is 101 Å². The van der Waals surface area contributed by atoms with Gasteiger partial charge in [0.25, 0.3) is 0 Å². The van der Waals surface area contributed by atoms with E-state index in [1.54, 1.807) is 7.05 Å². The quantitative estimate of drug-likeness (QED) is 0.821. The van der Waals surface area contributed by atoms with Gasteiger partial charge in [0.1, 0.15) is 0 Å². The van der Waals surface area contributed by atoms with Crippen molar-refractivity contribution in [3.8, 4) is 0 Å². The van der Waals surface area contributed by atoms with Gasteiger partial charge in [-0.2, -0.15) is 0 Å². The summed E-state index contributed by atoms with van der Waals surface area (Å²) in [5, 5.41) is 6.46. The molecule has 0 fully saturated rings. The Kier molecular flexibility index (Phi) is 5.29. The molecule has 0 saturated heterocycles. The van der Waals surface area contributed by atoms with E-state index in [-0.39, 0.29) is 11.9 Å². The zero-order valence-electron chi connectivity index (χ0n) is 9.59. The number of likely N-dealkylation sites (N-methyl/N-ethyl adjacent to an activating group) is 1. The van der Waals surface area contributed by atoms with Crippen molar-refractivity contribution in [3.05, 3.63) is 34.9 Å². The van der Waals surface area contributed by atoms with E-state index in [4.69, 9.17) is 11.6 Å². The molecule has 0 aliphatic rings. The molecule has 88 valence electrons. The van der Waals surface area contributed by atoms with Gasteiger partial charge < -0.3 is 10.6 Å². The summed E-state index contributed by atoms with van der Waals surface area (Å²) in [6.45, 7) is 2.34. The molecule has 1 unspecified atom stereocenters. The fourth-order valence-electron chi connectivity index (χ4n) is 1.51. The zero-order chi connectivity index (χ0) is 12.0. The first-order valence-electron chi connectivity index (χ1n) is 5.30. The Morgan fingerprint density at radius 3 is 2.56 bits per heavy atom. The van der Waals surface area contributed by atoms with E-state index in [0.717, 1.165) is 11.4 Å². The molecule has 0 radical (unpaired) electrons. The van der Waals surface area contributed by atoms with Gasteiger partial charge >= 0.3 is 0 Å². The van der Waals surface area contributed by atoms with Crippen LogP contribution in [0.5, 0.6) is 0 Å². The maximum Gasteiger partial charge on any atom is 0.234 e. The summed E-state index contributed by atoms with van der Waals surface area (Å²) in [7, 11) is 1.75. The minimum atomic E-state index is 0.0176. The average molecular weight is 241 g/mol. The second kappa shape index (κ2) is 6.51. The smallest absolute Gasteiger partial charge is 0.234 e. The number of halogens is 1. The molecule has 0 heterocycles. The highest BCUT2D eigenvalue weighted by molar-refractivity contribution is 6.30. The van der Waals surface area contributed by atoms with E-state index in [0.29, 0.717) is 6.54 Å². The monoisotopic (exact) mass is 240 g/mol. The predicted molar refractivity (Wildman–Crippen MR) is 66.7 cm³/mol. The predicted octanol–water partition coefficient (Wildman–Crippen LogP) is 1.61. The number of hydrogen-bond acceptors (Lipinski definition) is 2. The van der Waals surface area contributed by atoms with Crippen LogP contribution in [0.3, 0.4) is 0 Å². The highest BCUT2D eigenvalue weighted by atomic mass is 35.5.